The first-order valence-corrected chi connectivity index (χ1v) is 12.0. The quantitative estimate of drug-likeness (QED) is 0.652. The Kier molecular flexibility index (Phi) is 5.85. The van der Waals surface area contributed by atoms with Gasteiger partial charge in [0.25, 0.3) is 0 Å². The van der Waals surface area contributed by atoms with Crippen molar-refractivity contribution in [3.8, 4) is 0 Å². The lowest BCUT2D eigenvalue weighted by Crippen LogP contribution is -2.43. The Labute approximate surface area is 190 Å². The molecular formula is C26H33N5O. The van der Waals surface area contributed by atoms with E-state index in [0.29, 0.717) is 12.6 Å². The van der Waals surface area contributed by atoms with Crippen molar-refractivity contribution >= 4 is 22.9 Å². The molecule has 1 N–H and O–H groups in total. The molecule has 3 heterocycles. The number of benzene rings is 1. The molecule has 0 atom stereocenters. The fourth-order valence-corrected chi connectivity index (χ4v) is 5.15. The van der Waals surface area contributed by atoms with Crippen LogP contribution in [0.2, 0.25) is 0 Å². The summed E-state index contributed by atoms with van der Waals surface area (Å²) < 4.78 is 2.29. The van der Waals surface area contributed by atoms with Crippen molar-refractivity contribution in [2.45, 2.75) is 65.0 Å². The molecule has 1 aliphatic heterocycles. The first kappa shape index (κ1) is 21.0. The van der Waals surface area contributed by atoms with Crippen LogP contribution in [0.3, 0.4) is 0 Å². The van der Waals surface area contributed by atoms with Crippen molar-refractivity contribution in [1.82, 2.24) is 19.9 Å². The highest BCUT2D eigenvalue weighted by atomic mass is 16.1. The zero-order chi connectivity index (χ0) is 22.1. The van der Waals surface area contributed by atoms with E-state index in [9.17, 15) is 4.79 Å². The van der Waals surface area contributed by atoms with Gasteiger partial charge < -0.3 is 14.8 Å². The van der Waals surface area contributed by atoms with E-state index in [0.717, 1.165) is 61.4 Å². The number of hydrogen-bond acceptors (Lipinski definition) is 4. The number of pyridine rings is 1. The molecule has 3 aromatic rings. The van der Waals surface area contributed by atoms with Gasteiger partial charge >= 0.3 is 0 Å². The van der Waals surface area contributed by atoms with Gasteiger partial charge in [0.2, 0.25) is 11.9 Å². The van der Waals surface area contributed by atoms with Crippen molar-refractivity contribution < 1.29 is 4.79 Å². The molecule has 2 fully saturated rings. The van der Waals surface area contributed by atoms with Crippen LogP contribution in [0.4, 0.5) is 5.95 Å². The predicted octanol–water partition coefficient (Wildman–Crippen LogP) is 4.37. The van der Waals surface area contributed by atoms with Crippen molar-refractivity contribution in [1.29, 1.82) is 0 Å². The molecule has 0 bridgehead atoms. The molecule has 168 valence electrons. The van der Waals surface area contributed by atoms with Gasteiger partial charge in [-0.3, -0.25) is 9.78 Å². The summed E-state index contributed by atoms with van der Waals surface area (Å²) in [6.07, 6.45) is 8.37. The Bertz CT molecular complexity index is 1090. The number of anilines is 1. The molecule has 6 nitrogen and oxygen atoms in total. The van der Waals surface area contributed by atoms with E-state index in [1.54, 1.807) is 0 Å². The van der Waals surface area contributed by atoms with E-state index in [4.69, 9.17) is 4.98 Å². The largest absolute Gasteiger partial charge is 0.353 e. The number of carbonyl (C=O) groups excluding carboxylic acids is 1. The predicted molar refractivity (Wildman–Crippen MR) is 128 cm³/mol. The van der Waals surface area contributed by atoms with E-state index >= 15 is 0 Å². The first-order valence-electron chi connectivity index (χ1n) is 12.0. The number of nitrogens with zero attached hydrogens (tertiary/aromatic N) is 4. The molecule has 2 aromatic heterocycles. The summed E-state index contributed by atoms with van der Waals surface area (Å²) in [5, 5.41) is 3.29. The van der Waals surface area contributed by atoms with Crippen LogP contribution >= 0.6 is 0 Å². The second-order valence-corrected chi connectivity index (χ2v) is 9.50. The second-order valence-electron chi connectivity index (χ2n) is 9.50. The number of carbonyl (C=O) groups is 1. The van der Waals surface area contributed by atoms with Crippen molar-refractivity contribution in [2.75, 3.05) is 18.0 Å². The van der Waals surface area contributed by atoms with Crippen LogP contribution in [0.1, 0.15) is 55.3 Å². The van der Waals surface area contributed by atoms with E-state index in [-0.39, 0.29) is 11.8 Å². The molecule has 5 rings (SSSR count). The Morgan fingerprint density at radius 3 is 2.53 bits per heavy atom. The maximum Gasteiger partial charge on any atom is 0.223 e. The number of rotatable bonds is 5. The summed E-state index contributed by atoms with van der Waals surface area (Å²) in [6, 6.07) is 10.9. The Balaban J connectivity index is 1.37. The van der Waals surface area contributed by atoms with E-state index in [1.165, 1.54) is 24.0 Å². The van der Waals surface area contributed by atoms with Crippen LogP contribution in [0.25, 0.3) is 11.0 Å². The molecule has 0 radical (unpaired) electrons. The number of aryl methyl sites for hydroxylation is 2. The van der Waals surface area contributed by atoms with E-state index < -0.39 is 0 Å². The number of piperidine rings is 1. The lowest BCUT2D eigenvalue weighted by Gasteiger charge is -2.33. The number of imidazole rings is 1. The molecule has 32 heavy (non-hydrogen) atoms. The summed E-state index contributed by atoms with van der Waals surface area (Å²) in [6.45, 7) is 6.69. The minimum Gasteiger partial charge on any atom is -0.353 e. The standard InChI is InChI=1S/C26H33N5O/c1-18-15-23-24(16-19(18)2)31(17-22-9-5-6-12-27-22)26(29-23)30-13-10-20(11-14-30)25(32)28-21-7-3-4-8-21/h5-6,9,12,15-16,20-21H,3-4,7-8,10-11,13-14,17H2,1-2H3,(H,28,32). The zero-order valence-electron chi connectivity index (χ0n) is 19.2. The van der Waals surface area contributed by atoms with Crippen LogP contribution in [0.15, 0.2) is 36.5 Å². The molecular weight excluding hydrogens is 398 g/mol. The van der Waals surface area contributed by atoms with Gasteiger partial charge in [-0.15, -0.1) is 0 Å². The molecule has 0 unspecified atom stereocenters. The maximum absolute atomic E-state index is 12.8. The van der Waals surface area contributed by atoms with Crippen molar-refractivity contribution in [3.05, 3.63) is 53.3 Å². The summed E-state index contributed by atoms with van der Waals surface area (Å²) in [4.78, 5) is 24.7. The fraction of sp³-hybridized carbons (Fsp3) is 0.500. The highest BCUT2D eigenvalue weighted by molar-refractivity contribution is 5.81. The normalized spacial score (nSPS) is 17.9. The second kappa shape index (κ2) is 8.93. The molecule has 1 aromatic carbocycles. The van der Waals surface area contributed by atoms with Crippen molar-refractivity contribution in [3.63, 3.8) is 0 Å². The molecule has 1 saturated carbocycles. The topological polar surface area (TPSA) is 63.1 Å². The van der Waals surface area contributed by atoms with Gasteiger partial charge in [0.1, 0.15) is 0 Å². The molecule has 0 spiro atoms. The lowest BCUT2D eigenvalue weighted by atomic mass is 9.95. The molecule has 1 amide bonds. The number of aromatic nitrogens is 3. The molecule has 1 saturated heterocycles. The summed E-state index contributed by atoms with van der Waals surface area (Å²) in [5.41, 5.74) is 5.73. The molecule has 2 aliphatic rings. The minimum absolute atomic E-state index is 0.116. The highest BCUT2D eigenvalue weighted by Crippen LogP contribution is 2.30. The van der Waals surface area contributed by atoms with Gasteiger partial charge in [-0.1, -0.05) is 18.9 Å². The minimum atomic E-state index is 0.116. The number of nitrogens with one attached hydrogen (secondary N) is 1. The van der Waals surface area contributed by atoms with Crippen LogP contribution in [-0.2, 0) is 11.3 Å². The van der Waals surface area contributed by atoms with Crippen LogP contribution < -0.4 is 10.2 Å². The van der Waals surface area contributed by atoms with E-state index in [1.807, 2.05) is 18.3 Å². The van der Waals surface area contributed by atoms with Gasteiger partial charge in [-0.05, 0) is 74.9 Å². The fourth-order valence-electron chi connectivity index (χ4n) is 5.15. The third kappa shape index (κ3) is 4.23. The van der Waals surface area contributed by atoms with Gasteiger partial charge in [0.05, 0.1) is 23.3 Å². The van der Waals surface area contributed by atoms with Crippen LogP contribution in [0, 0.1) is 19.8 Å². The highest BCUT2D eigenvalue weighted by Gasteiger charge is 2.29. The third-order valence-corrected chi connectivity index (χ3v) is 7.24. The Morgan fingerprint density at radius 2 is 1.81 bits per heavy atom. The van der Waals surface area contributed by atoms with Crippen LogP contribution in [0.5, 0.6) is 0 Å². The average molecular weight is 432 g/mol. The first-order chi connectivity index (χ1) is 15.6. The maximum atomic E-state index is 12.8. The number of hydrogen-bond donors (Lipinski definition) is 1. The Hall–Kier alpha value is -2.89. The molecule has 6 heteroatoms. The SMILES string of the molecule is Cc1cc2nc(N3CCC(C(=O)NC4CCCC4)CC3)n(Cc3ccccn3)c2cc1C. The van der Waals surface area contributed by atoms with Gasteiger partial charge in [0.15, 0.2) is 0 Å². The smallest absolute Gasteiger partial charge is 0.223 e. The summed E-state index contributed by atoms with van der Waals surface area (Å²) >= 11 is 0. The van der Waals surface area contributed by atoms with Gasteiger partial charge in [-0.2, -0.15) is 0 Å². The van der Waals surface area contributed by atoms with Crippen molar-refractivity contribution in [2.24, 2.45) is 5.92 Å². The molecule has 1 aliphatic carbocycles. The average Bonchev–Trinajstić information content (AvgIpc) is 3.43. The number of fused-ring (bicyclic) bond motifs is 1. The Morgan fingerprint density at radius 1 is 1.06 bits per heavy atom. The van der Waals surface area contributed by atoms with Crippen LogP contribution in [-0.4, -0.2) is 39.6 Å². The van der Waals surface area contributed by atoms with Gasteiger partial charge in [0, 0.05) is 31.2 Å². The van der Waals surface area contributed by atoms with Gasteiger partial charge in [-0.25, -0.2) is 4.98 Å². The lowest BCUT2D eigenvalue weighted by molar-refractivity contribution is -0.126. The number of amides is 1. The zero-order valence-corrected chi connectivity index (χ0v) is 19.2. The monoisotopic (exact) mass is 431 g/mol. The third-order valence-electron chi connectivity index (χ3n) is 7.24. The summed E-state index contributed by atoms with van der Waals surface area (Å²) in [5.74, 6) is 1.36. The summed E-state index contributed by atoms with van der Waals surface area (Å²) in [7, 11) is 0. The van der Waals surface area contributed by atoms with E-state index in [2.05, 4.69) is 51.8 Å².